The third-order valence-corrected chi connectivity index (χ3v) is 7.62. The molecule has 0 amide bonds. The van der Waals surface area contributed by atoms with Crippen LogP contribution in [0.3, 0.4) is 0 Å². The highest BCUT2D eigenvalue weighted by Crippen LogP contribution is 2.36. The van der Waals surface area contributed by atoms with Gasteiger partial charge in [0.05, 0.1) is 66.0 Å². The number of nitrogens with zero attached hydrogens (tertiary/aromatic N) is 2. The van der Waals surface area contributed by atoms with Gasteiger partial charge in [0.25, 0.3) is 10.1 Å². The monoisotopic (exact) mass is 636 g/mol. The van der Waals surface area contributed by atoms with Crippen molar-refractivity contribution < 1.29 is 50.9 Å². The Morgan fingerprint density at radius 1 is 0.886 bits per heavy atom. The number of esters is 1. The van der Waals surface area contributed by atoms with Gasteiger partial charge in [0, 0.05) is 6.20 Å². The van der Waals surface area contributed by atoms with Crippen molar-refractivity contribution in [3.05, 3.63) is 53.3 Å². The predicted octanol–water partition coefficient (Wildman–Crippen LogP) is 1.84. The lowest BCUT2D eigenvalue weighted by Gasteiger charge is -2.34. The van der Waals surface area contributed by atoms with Gasteiger partial charge in [-0.15, -0.1) is 12.8 Å². The molecule has 0 aliphatic heterocycles. The molecule has 0 spiro atoms. The SMILES string of the molecule is C#CCOCCOCCOCCn1ccc(C(=O)OC(OCCOCCOCC#C)C(C)(c2ccc(C)cc2)S(=O)(=O)O)n1. The van der Waals surface area contributed by atoms with Gasteiger partial charge in [0.2, 0.25) is 6.29 Å². The fourth-order valence-electron chi connectivity index (χ4n) is 3.64. The standard InChI is InChI=1S/C30H40N2O11S/c1-5-14-37-17-20-40-22-19-39-16-13-32-12-11-27(31-32)28(33)43-29(42-24-23-41-21-18-38-15-6-2)30(4,44(34,35)36)26-9-7-25(3)8-10-26/h1-2,7-12,29H,13-24H2,3-4H3,(H,34,35,36). The Labute approximate surface area is 258 Å². The molecule has 0 bridgehead atoms. The van der Waals surface area contributed by atoms with Crippen LogP contribution in [0.15, 0.2) is 36.5 Å². The zero-order valence-corrected chi connectivity index (χ0v) is 25.8. The zero-order valence-electron chi connectivity index (χ0n) is 25.0. The van der Waals surface area contributed by atoms with E-state index in [0.29, 0.717) is 39.6 Å². The molecule has 0 saturated heterocycles. The topological polar surface area (TPSA) is 154 Å². The van der Waals surface area contributed by atoms with E-state index in [0.717, 1.165) is 5.56 Å². The Kier molecular flexibility index (Phi) is 16.6. The maximum atomic E-state index is 13.1. The quantitative estimate of drug-likeness (QED) is 0.0623. The summed E-state index contributed by atoms with van der Waals surface area (Å²) >= 11 is 0. The molecule has 2 rings (SSSR count). The molecule has 1 aromatic carbocycles. The molecule has 14 heteroatoms. The van der Waals surface area contributed by atoms with E-state index >= 15 is 0 Å². The largest absolute Gasteiger partial charge is 0.429 e. The van der Waals surface area contributed by atoms with Crippen molar-refractivity contribution in [3.63, 3.8) is 0 Å². The minimum Gasteiger partial charge on any atom is -0.429 e. The normalized spacial score (nSPS) is 13.5. The lowest BCUT2D eigenvalue weighted by Crippen LogP contribution is -2.48. The third kappa shape index (κ3) is 12.4. The summed E-state index contributed by atoms with van der Waals surface area (Å²) in [5, 5.41) is 4.19. The molecule has 44 heavy (non-hydrogen) atoms. The number of benzene rings is 1. The van der Waals surface area contributed by atoms with Gasteiger partial charge in [0.15, 0.2) is 10.4 Å². The van der Waals surface area contributed by atoms with Crippen molar-refractivity contribution in [3.8, 4) is 24.7 Å². The van der Waals surface area contributed by atoms with E-state index in [1.165, 1.54) is 29.8 Å². The number of hydrogen-bond acceptors (Lipinski definition) is 11. The number of ether oxygens (including phenoxy) is 7. The first kappa shape index (κ1) is 36.9. The van der Waals surface area contributed by atoms with Crippen LogP contribution < -0.4 is 0 Å². The zero-order chi connectivity index (χ0) is 32.3. The summed E-state index contributed by atoms with van der Waals surface area (Å²) in [6.07, 6.45) is 10.0. The van der Waals surface area contributed by atoms with E-state index in [-0.39, 0.29) is 50.9 Å². The van der Waals surface area contributed by atoms with Crippen molar-refractivity contribution in [2.75, 3.05) is 72.7 Å². The Hall–Kier alpha value is -3.31. The Morgan fingerprint density at radius 3 is 1.95 bits per heavy atom. The molecular weight excluding hydrogens is 596 g/mol. The van der Waals surface area contributed by atoms with Gasteiger partial charge in [-0.25, -0.2) is 4.79 Å². The smallest absolute Gasteiger partial charge is 0.361 e. The van der Waals surface area contributed by atoms with Crippen LogP contribution in [0.5, 0.6) is 0 Å². The summed E-state index contributed by atoms with van der Waals surface area (Å²) in [4.78, 5) is 13.1. The van der Waals surface area contributed by atoms with Crippen LogP contribution in [0.4, 0.5) is 0 Å². The van der Waals surface area contributed by atoms with E-state index in [4.69, 9.17) is 46.0 Å². The summed E-state index contributed by atoms with van der Waals surface area (Å²) < 4.78 is 73.0. The lowest BCUT2D eigenvalue weighted by molar-refractivity contribution is -0.141. The van der Waals surface area contributed by atoms with Crippen LogP contribution in [0.25, 0.3) is 0 Å². The molecule has 0 radical (unpaired) electrons. The summed E-state index contributed by atoms with van der Waals surface area (Å²) in [7, 11) is -4.89. The second-order valence-electron chi connectivity index (χ2n) is 9.37. The predicted molar refractivity (Wildman–Crippen MR) is 159 cm³/mol. The lowest BCUT2D eigenvalue weighted by atomic mass is 9.98. The average Bonchev–Trinajstić information content (AvgIpc) is 3.47. The van der Waals surface area contributed by atoms with Crippen molar-refractivity contribution in [1.82, 2.24) is 9.78 Å². The first-order valence-electron chi connectivity index (χ1n) is 13.8. The van der Waals surface area contributed by atoms with E-state index in [9.17, 15) is 17.8 Å². The molecule has 2 atom stereocenters. The highest BCUT2D eigenvalue weighted by atomic mass is 32.2. The maximum absolute atomic E-state index is 13.1. The summed E-state index contributed by atoms with van der Waals surface area (Å²) in [5.74, 6) is 3.75. The fourth-order valence-corrected chi connectivity index (χ4v) is 4.44. The van der Waals surface area contributed by atoms with E-state index < -0.39 is 27.1 Å². The molecule has 13 nitrogen and oxygen atoms in total. The molecule has 0 saturated carbocycles. The number of aryl methyl sites for hydroxylation is 1. The van der Waals surface area contributed by atoms with E-state index in [2.05, 4.69) is 16.9 Å². The van der Waals surface area contributed by atoms with Gasteiger partial charge in [-0.1, -0.05) is 41.7 Å². The Morgan fingerprint density at radius 2 is 1.41 bits per heavy atom. The molecular formula is C30H40N2O11S. The molecule has 1 N–H and O–H groups in total. The number of carbonyl (C=O) groups excluding carboxylic acids is 1. The first-order chi connectivity index (χ1) is 21.1. The van der Waals surface area contributed by atoms with Crippen molar-refractivity contribution in [2.24, 2.45) is 0 Å². The van der Waals surface area contributed by atoms with Crippen LogP contribution >= 0.6 is 0 Å². The molecule has 2 unspecified atom stereocenters. The van der Waals surface area contributed by atoms with Crippen LogP contribution in [-0.2, 0) is 54.6 Å². The molecule has 0 aliphatic rings. The first-order valence-corrected chi connectivity index (χ1v) is 15.2. The number of carbonyl (C=O) groups is 1. The fraction of sp³-hybridized carbons (Fsp3) is 0.533. The van der Waals surface area contributed by atoms with Crippen LogP contribution in [-0.4, -0.2) is 108 Å². The molecule has 242 valence electrons. The summed E-state index contributed by atoms with van der Waals surface area (Å²) in [6, 6.07) is 7.78. The van der Waals surface area contributed by atoms with Crippen molar-refractivity contribution in [2.45, 2.75) is 31.4 Å². The molecule has 0 aliphatic carbocycles. The van der Waals surface area contributed by atoms with Crippen molar-refractivity contribution >= 4 is 16.1 Å². The minimum absolute atomic E-state index is 0.0160. The highest BCUT2D eigenvalue weighted by Gasteiger charge is 2.51. The van der Waals surface area contributed by atoms with Gasteiger partial charge in [-0.3, -0.25) is 9.23 Å². The Balaban J connectivity index is 2.02. The van der Waals surface area contributed by atoms with Crippen LogP contribution in [0.2, 0.25) is 0 Å². The molecule has 0 fully saturated rings. The molecule has 2 aromatic rings. The number of rotatable bonds is 23. The highest BCUT2D eigenvalue weighted by molar-refractivity contribution is 7.86. The number of hydrogen-bond donors (Lipinski definition) is 1. The van der Waals surface area contributed by atoms with Crippen molar-refractivity contribution in [1.29, 1.82) is 0 Å². The van der Waals surface area contributed by atoms with Gasteiger partial charge in [-0.05, 0) is 25.5 Å². The van der Waals surface area contributed by atoms with Gasteiger partial charge < -0.3 is 33.2 Å². The maximum Gasteiger partial charge on any atom is 0.361 e. The summed E-state index contributed by atoms with van der Waals surface area (Å²) in [6.45, 7) is 5.85. The minimum atomic E-state index is -4.89. The molecule has 1 aromatic heterocycles. The van der Waals surface area contributed by atoms with E-state index in [1.807, 2.05) is 6.92 Å². The third-order valence-electron chi connectivity index (χ3n) is 6.12. The second-order valence-corrected chi connectivity index (χ2v) is 11.2. The molecule has 1 heterocycles. The van der Waals surface area contributed by atoms with Gasteiger partial charge >= 0.3 is 5.97 Å². The van der Waals surface area contributed by atoms with Gasteiger partial charge in [0.1, 0.15) is 13.2 Å². The number of terminal acetylenes is 2. The second kappa shape index (κ2) is 19.9. The van der Waals surface area contributed by atoms with Crippen LogP contribution in [0, 0.1) is 31.6 Å². The summed E-state index contributed by atoms with van der Waals surface area (Å²) in [5.41, 5.74) is 0.908. The van der Waals surface area contributed by atoms with Crippen LogP contribution in [0.1, 0.15) is 28.5 Å². The Bertz CT molecular complexity index is 1320. The number of aromatic nitrogens is 2. The average molecular weight is 637 g/mol. The van der Waals surface area contributed by atoms with Gasteiger partial charge in [-0.2, -0.15) is 13.5 Å². The van der Waals surface area contributed by atoms with E-state index in [1.54, 1.807) is 18.3 Å².